The molecule has 300 valence electrons. The average molecular weight is 816 g/mol. The van der Waals surface area contributed by atoms with Crippen LogP contribution in [-0.4, -0.2) is 0 Å². The van der Waals surface area contributed by atoms with Crippen LogP contribution in [0.25, 0.3) is 99.1 Å². The summed E-state index contributed by atoms with van der Waals surface area (Å²) < 4.78 is 6.42. The van der Waals surface area contributed by atoms with E-state index in [2.05, 4.69) is 248 Å². The SMILES string of the molecule is c1ccc(-c2ccc(N(c3ccc(-c4ccccc4)c(-c4ccccc4)c3)c3cccc(-c4cc5ccccc5c5ccccc45)c3-c3ccc4oc5ccccc5c4c3)cc2)cc1. The molecule has 2 heteroatoms. The fourth-order valence-corrected chi connectivity index (χ4v) is 9.67. The highest BCUT2D eigenvalue weighted by Crippen LogP contribution is 2.50. The smallest absolute Gasteiger partial charge is 0.135 e. The third-order valence-corrected chi connectivity index (χ3v) is 12.7. The molecule has 64 heavy (non-hydrogen) atoms. The Balaban J connectivity index is 1.17. The van der Waals surface area contributed by atoms with Crippen molar-refractivity contribution >= 4 is 60.5 Å². The van der Waals surface area contributed by atoms with Gasteiger partial charge in [-0.25, -0.2) is 0 Å². The number of fused-ring (bicyclic) bond motifs is 6. The van der Waals surface area contributed by atoms with Crippen molar-refractivity contribution in [3.8, 4) is 55.6 Å². The molecule has 0 saturated carbocycles. The molecule has 0 radical (unpaired) electrons. The lowest BCUT2D eigenvalue weighted by molar-refractivity contribution is 0.669. The lowest BCUT2D eigenvalue weighted by Crippen LogP contribution is -2.12. The van der Waals surface area contributed by atoms with E-state index in [1.54, 1.807) is 0 Å². The van der Waals surface area contributed by atoms with Crippen LogP contribution in [0.15, 0.2) is 253 Å². The standard InChI is InChI=1S/C62H41NO/c1-4-17-42(18-5-1)43-31-34-48(35-32-43)63(49-36-37-51(44-19-6-2-7-20-44)56(41-49)45-21-8-3-9-22-45)59-29-16-28-55(57-39-46-23-10-11-24-50(46)52-25-12-13-26-53(52)57)62(59)47-33-38-61-58(40-47)54-27-14-15-30-60(54)64-61/h1-41H. The lowest BCUT2D eigenvalue weighted by atomic mass is 9.87. The molecule has 12 rings (SSSR count). The summed E-state index contributed by atoms with van der Waals surface area (Å²) in [5.41, 5.74) is 16.6. The molecule has 0 bridgehead atoms. The highest BCUT2D eigenvalue weighted by Gasteiger charge is 2.24. The van der Waals surface area contributed by atoms with Crippen LogP contribution >= 0.6 is 0 Å². The first kappa shape index (κ1) is 37.3. The first-order chi connectivity index (χ1) is 31.7. The van der Waals surface area contributed by atoms with E-state index in [9.17, 15) is 0 Å². The van der Waals surface area contributed by atoms with Gasteiger partial charge >= 0.3 is 0 Å². The van der Waals surface area contributed by atoms with Gasteiger partial charge < -0.3 is 9.32 Å². The summed E-state index contributed by atoms with van der Waals surface area (Å²) in [5.74, 6) is 0. The molecule has 0 unspecified atom stereocenters. The van der Waals surface area contributed by atoms with Crippen LogP contribution in [0.4, 0.5) is 17.1 Å². The summed E-state index contributed by atoms with van der Waals surface area (Å²) in [5, 5.41) is 7.10. The second kappa shape index (κ2) is 15.8. The van der Waals surface area contributed by atoms with Gasteiger partial charge in [-0.05, 0) is 126 Å². The van der Waals surface area contributed by atoms with Gasteiger partial charge in [0.2, 0.25) is 0 Å². The Bertz CT molecular complexity index is 3650. The van der Waals surface area contributed by atoms with Crippen molar-refractivity contribution < 1.29 is 4.42 Å². The molecule has 11 aromatic carbocycles. The van der Waals surface area contributed by atoms with Crippen molar-refractivity contribution in [3.05, 3.63) is 249 Å². The minimum atomic E-state index is 0.873. The molecular formula is C62H41NO. The number of para-hydroxylation sites is 1. The van der Waals surface area contributed by atoms with Crippen LogP contribution in [0.3, 0.4) is 0 Å². The fourth-order valence-electron chi connectivity index (χ4n) is 9.67. The van der Waals surface area contributed by atoms with E-state index in [1.807, 2.05) is 6.07 Å². The van der Waals surface area contributed by atoms with Gasteiger partial charge in [-0.1, -0.05) is 194 Å². The predicted molar refractivity (Wildman–Crippen MR) is 271 cm³/mol. The molecule has 0 aliphatic carbocycles. The van der Waals surface area contributed by atoms with Crippen LogP contribution in [0.5, 0.6) is 0 Å². The first-order valence-electron chi connectivity index (χ1n) is 21.9. The van der Waals surface area contributed by atoms with E-state index in [0.717, 1.165) is 61.3 Å². The Kier molecular flexibility index (Phi) is 9.20. The van der Waals surface area contributed by atoms with Gasteiger partial charge in [0.1, 0.15) is 11.2 Å². The van der Waals surface area contributed by atoms with E-state index in [4.69, 9.17) is 4.42 Å². The molecule has 0 amide bonds. The Labute approximate surface area is 372 Å². The monoisotopic (exact) mass is 815 g/mol. The molecule has 0 N–H and O–H groups in total. The van der Waals surface area contributed by atoms with E-state index in [-0.39, 0.29) is 0 Å². The average Bonchev–Trinajstić information content (AvgIpc) is 3.75. The summed E-state index contributed by atoms with van der Waals surface area (Å²) >= 11 is 0. The van der Waals surface area contributed by atoms with Gasteiger partial charge in [-0.2, -0.15) is 0 Å². The molecule has 12 aromatic rings. The number of hydrogen-bond donors (Lipinski definition) is 0. The van der Waals surface area contributed by atoms with Crippen molar-refractivity contribution in [1.82, 2.24) is 0 Å². The molecule has 0 aliphatic heterocycles. The van der Waals surface area contributed by atoms with Crippen molar-refractivity contribution in [3.63, 3.8) is 0 Å². The fraction of sp³-hybridized carbons (Fsp3) is 0. The third-order valence-electron chi connectivity index (χ3n) is 12.7. The van der Waals surface area contributed by atoms with Gasteiger partial charge in [-0.3, -0.25) is 0 Å². The molecule has 0 fully saturated rings. The van der Waals surface area contributed by atoms with Gasteiger partial charge in [0.05, 0.1) is 5.69 Å². The minimum absolute atomic E-state index is 0.873. The Morgan fingerprint density at radius 1 is 0.266 bits per heavy atom. The molecule has 0 spiro atoms. The topological polar surface area (TPSA) is 16.4 Å². The van der Waals surface area contributed by atoms with Gasteiger partial charge in [-0.15, -0.1) is 0 Å². The van der Waals surface area contributed by atoms with Crippen molar-refractivity contribution in [1.29, 1.82) is 0 Å². The maximum absolute atomic E-state index is 6.42. The highest BCUT2D eigenvalue weighted by molar-refractivity contribution is 6.16. The zero-order valence-electron chi connectivity index (χ0n) is 35.0. The zero-order chi connectivity index (χ0) is 42.4. The van der Waals surface area contributed by atoms with Gasteiger partial charge in [0.25, 0.3) is 0 Å². The maximum atomic E-state index is 6.42. The van der Waals surface area contributed by atoms with Crippen LogP contribution in [0, 0.1) is 0 Å². The molecule has 2 nitrogen and oxygen atoms in total. The van der Waals surface area contributed by atoms with Crippen molar-refractivity contribution in [2.45, 2.75) is 0 Å². The lowest BCUT2D eigenvalue weighted by Gasteiger charge is -2.30. The Morgan fingerprint density at radius 3 is 1.58 bits per heavy atom. The second-order valence-electron chi connectivity index (χ2n) is 16.4. The molecule has 1 aromatic heterocycles. The van der Waals surface area contributed by atoms with E-state index >= 15 is 0 Å². The maximum Gasteiger partial charge on any atom is 0.135 e. The van der Waals surface area contributed by atoms with Crippen LogP contribution < -0.4 is 4.90 Å². The van der Waals surface area contributed by atoms with Crippen molar-refractivity contribution in [2.75, 3.05) is 4.90 Å². The number of furan rings is 1. The molecular weight excluding hydrogens is 775 g/mol. The molecule has 0 saturated heterocycles. The summed E-state index contributed by atoms with van der Waals surface area (Å²) in [7, 11) is 0. The van der Waals surface area contributed by atoms with E-state index in [0.29, 0.717) is 0 Å². The molecule has 0 aliphatic rings. The summed E-state index contributed by atoms with van der Waals surface area (Å²) in [6.45, 7) is 0. The van der Waals surface area contributed by atoms with Crippen LogP contribution in [-0.2, 0) is 0 Å². The number of benzene rings is 11. The number of rotatable bonds is 8. The minimum Gasteiger partial charge on any atom is -0.456 e. The van der Waals surface area contributed by atoms with E-state index < -0.39 is 0 Å². The summed E-state index contributed by atoms with van der Waals surface area (Å²) in [4.78, 5) is 2.45. The first-order valence-corrected chi connectivity index (χ1v) is 21.9. The second-order valence-corrected chi connectivity index (χ2v) is 16.4. The van der Waals surface area contributed by atoms with E-state index in [1.165, 1.54) is 54.9 Å². The molecule has 1 heterocycles. The van der Waals surface area contributed by atoms with Crippen LogP contribution in [0.2, 0.25) is 0 Å². The van der Waals surface area contributed by atoms with Crippen LogP contribution in [0.1, 0.15) is 0 Å². The third kappa shape index (κ3) is 6.52. The number of hydrogen-bond acceptors (Lipinski definition) is 2. The van der Waals surface area contributed by atoms with Crippen molar-refractivity contribution in [2.24, 2.45) is 0 Å². The normalized spacial score (nSPS) is 11.4. The Morgan fingerprint density at radius 2 is 0.828 bits per heavy atom. The summed E-state index contributed by atoms with van der Waals surface area (Å²) in [6.07, 6.45) is 0. The zero-order valence-corrected chi connectivity index (χ0v) is 35.0. The quantitative estimate of drug-likeness (QED) is 0.142. The molecule has 0 atom stereocenters. The largest absolute Gasteiger partial charge is 0.456 e. The number of nitrogens with zero attached hydrogens (tertiary/aromatic N) is 1. The predicted octanol–water partition coefficient (Wildman–Crippen LogP) is 17.7. The van der Waals surface area contributed by atoms with Gasteiger partial charge in [0.15, 0.2) is 0 Å². The van der Waals surface area contributed by atoms with Gasteiger partial charge in [0, 0.05) is 27.7 Å². The number of anilines is 3. The Hall–Kier alpha value is -8.46. The summed E-state index contributed by atoms with van der Waals surface area (Å²) in [6, 6.07) is 89.9. The highest BCUT2D eigenvalue weighted by atomic mass is 16.3.